The number of hydrogen-bond acceptors (Lipinski definition) is 6. The van der Waals surface area contributed by atoms with Gasteiger partial charge in [-0.3, -0.25) is 4.79 Å². The molecule has 164 valence electrons. The second kappa shape index (κ2) is 8.58. The van der Waals surface area contributed by atoms with E-state index in [1.54, 1.807) is 4.90 Å². The number of piperidine rings is 1. The van der Waals surface area contributed by atoms with Crippen molar-refractivity contribution in [2.75, 3.05) is 26.0 Å². The Morgan fingerprint density at radius 2 is 2.03 bits per heavy atom. The third-order valence-electron chi connectivity index (χ3n) is 5.98. The van der Waals surface area contributed by atoms with Gasteiger partial charge in [-0.25, -0.2) is 17.8 Å². The molecule has 2 fully saturated rings. The first-order valence-electron chi connectivity index (χ1n) is 10.3. The maximum absolute atomic E-state index is 13.8. The van der Waals surface area contributed by atoms with Crippen molar-refractivity contribution in [2.45, 2.75) is 56.6 Å². The van der Waals surface area contributed by atoms with Crippen molar-refractivity contribution in [3.63, 3.8) is 0 Å². The van der Waals surface area contributed by atoms with Crippen molar-refractivity contribution in [2.24, 2.45) is 4.40 Å². The fraction of sp³-hybridized carbons (Fsp3) is 0.650. The van der Waals surface area contributed by atoms with Gasteiger partial charge in [-0.1, -0.05) is 0 Å². The Labute approximate surface area is 175 Å². The van der Waals surface area contributed by atoms with Gasteiger partial charge < -0.3 is 14.4 Å². The fourth-order valence-corrected chi connectivity index (χ4v) is 5.21. The number of aromatic nitrogens is 1. The summed E-state index contributed by atoms with van der Waals surface area (Å²) in [6.45, 7) is 0.412. The summed E-state index contributed by atoms with van der Waals surface area (Å²) in [6, 6.07) is 0.905. The molecule has 0 N–H and O–H groups in total. The molecule has 1 amide bonds. The largest absolute Gasteiger partial charge is 0.467 e. The van der Waals surface area contributed by atoms with Crippen LogP contribution in [0.25, 0.3) is 0 Å². The number of ether oxygens (including phenoxy) is 2. The van der Waals surface area contributed by atoms with Crippen molar-refractivity contribution in [3.8, 4) is 5.88 Å². The van der Waals surface area contributed by atoms with Crippen molar-refractivity contribution in [1.82, 2.24) is 9.88 Å². The number of hydrogen-bond donors (Lipinski definition) is 0. The first-order valence-corrected chi connectivity index (χ1v) is 12.1. The summed E-state index contributed by atoms with van der Waals surface area (Å²) in [4.78, 5) is 18.6. The predicted molar refractivity (Wildman–Crippen MR) is 108 cm³/mol. The van der Waals surface area contributed by atoms with Crippen molar-refractivity contribution >= 4 is 21.6 Å². The molecule has 0 radical (unpaired) electrons. The maximum Gasteiger partial charge on any atom is 0.261 e. The van der Waals surface area contributed by atoms with E-state index < -0.39 is 21.9 Å². The molecule has 1 aromatic rings. The van der Waals surface area contributed by atoms with Crippen LogP contribution in [0.3, 0.4) is 0 Å². The fourth-order valence-electron chi connectivity index (χ4n) is 4.57. The monoisotopic (exact) mass is 439 g/mol. The van der Waals surface area contributed by atoms with Crippen LogP contribution in [0.2, 0.25) is 0 Å². The Kier molecular flexibility index (Phi) is 6.06. The molecule has 8 nitrogen and oxygen atoms in total. The molecule has 10 heteroatoms. The Morgan fingerprint density at radius 1 is 1.27 bits per heavy atom. The number of fused-ring (bicyclic) bond motifs is 5. The average molecular weight is 440 g/mol. The number of nitrogens with zero attached hydrogens (tertiary/aromatic N) is 3. The van der Waals surface area contributed by atoms with Crippen LogP contribution >= 0.6 is 0 Å². The summed E-state index contributed by atoms with van der Waals surface area (Å²) in [5.74, 6) is -0.340. The summed E-state index contributed by atoms with van der Waals surface area (Å²) < 4.78 is 53.1. The van der Waals surface area contributed by atoms with E-state index in [2.05, 4.69) is 9.38 Å². The third-order valence-corrected chi connectivity index (χ3v) is 6.54. The van der Waals surface area contributed by atoms with Crippen LogP contribution in [-0.2, 0) is 19.6 Å². The van der Waals surface area contributed by atoms with Crippen molar-refractivity contribution in [1.29, 1.82) is 0 Å². The molecule has 2 bridgehead atoms. The maximum atomic E-state index is 13.8. The lowest BCUT2D eigenvalue weighted by Gasteiger charge is -2.37. The predicted octanol–water partition coefficient (Wildman–Crippen LogP) is 2.05. The van der Waals surface area contributed by atoms with Crippen LogP contribution in [0.15, 0.2) is 16.7 Å². The molecule has 30 heavy (non-hydrogen) atoms. The number of amides is 1. The molecule has 0 aromatic carbocycles. The topological polar surface area (TPSA) is 98.2 Å². The van der Waals surface area contributed by atoms with Gasteiger partial charge in [0.05, 0.1) is 36.9 Å². The van der Waals surface area contributed by atoms with Gasteiger partial charge in [0.25, 0.3) is 5.91 Å². The summed E-state index contributed by atoms with van der Waals surface area (Å²) in [5, 5.41) is 0. The van der Waals surface area contributed by atoms with Crippen LogP contribution in [0, 0.1) is 5.82 Å². The SMILES string of the molecule is CS(=O)(=O)/N=C1\CCCN2C(=O)COc3ncc(F)cc3C3CCC(CC3)OC[C@@H]12. The molecular formula is C20H26FN3O5S. The van der Waals surface area contributed by atoms with E-state index in [1.807, 2.05) is 0 Å². The number of sulfonamides is 1. The van der Waals surface area contributed by atoms with Crippen LogP contribution in [0.4, 0.5) is 4.39 Å². The van der Waals surface area contributed by atoms with E-state index in [-0.39, 0.29) is 37.0 Å². The Balaban J connectivity index is 1.66. The second-order valence-corrected chi connectivity index (χ2v) is 9.81. The highest BCUT2D eigenvalue weighted by Gasteiger charge is 2.35. The molecular weight excluding hydrogens is 413 g/mol. The van der Waals surface area contributed by atoms with E-state index in [4.69, 9.17) is 9.47 Å². The van der Waals surface area contributed by atoms with Gasteiger partial charge in [-0.15, -0.1) is 0 Å². The van der Waals surface area contributed by atoms with Gasteiger partial charge in [0.1, 0.15) is 5.82 Å². The Bertz CT molecular complexity index is 944. The molecule has 0 spiro atoms. The molecule has 3 aliphatic heterocycles. The number of halogens is 1. The Morgan fingerprint density at radius 3 is 2.77 bits per heavy atom. The first kappa shape index (κ1) is 21.2. The normalized spacial score (nSPS) is 29.3. The lowest BCUT2D eigenvalue weighted by molar-refractivity contribution is -0.136. The highest BCUT2D eigenvalue weighted by Crippen LogP contribution is 2.38. The van der Waals surface area contributed by atoms with E-state index in [0.29, 0.717) is 30.7 Å². The molecule has 1 aromatic heterocycles. The minimum Gasteiger partial charge on any atom is -0.467 e. The highest BCUT2D eigenvalue weighted by atomic mass is 32.2. The zero-order chi connectivity index (χ0) is 21.3. The quantitative estimate of drug-likeness (QED) is 0.664. The van der Waals surface area contributed by atoms with Crippen LogP contribution < -0.4 is 4.74 Å². The molecule has 1 aliphatic carbocycles. The smallest absolute Gasteiger partial charge is 0.261 e. The lowest BCUT2D eigenvalue weighted by atomic mass is 9.83. The zero-order valence-corrected chi connectivity index (χ0v) is 17.7. The summed E-state index contributed by atoms with van der Waals surface area (Å²) in [7, 11) is -3.59. The summed E-state index contributed by atoms with van der Waals surface area (Å²) >= 11 is 0. The molecule has 1 saturated carbocycles. The molecule has 4 heterocycles. The number of carbonyl (C=O) groups is 1. The van der Waals surface area contributed by atoms with Gasteiger partial charge >= 0.3 is 0 Å². The van der Waals surface area contributed by atoms with Gasteiger partial charge in [-0.2, -0.15) is 4.40 Å². The molecule has 5 rings (SSSR count). The van der Waals surface area contributed by atoms with Crippen molar-refractivity contribution in [3.05, 3.63) is 23.6 Å². The summed E-state index contributed by atoms with van der Waals surface area (Å²) in [6.07, 6.45) is 6.46. The van der Waals surface area contributed by atoms with Gasteiger partial charge in [0.15, 0.2) is 6.61 Å². The minimum atomic E-state index is -3.59. The van der Waals surface area contributed by atoms with Crippen LogP contribution in [0.1, 0.15) is 50.0 Å². The first-order chi connectivity index (χ1) is 14.3. The third kappa shape index (κ3) is 4.80. The van der Waals surface area contributed by atoms with Gasteiger partial charge in [-0.05, 0) is 50.5 Å². The molecule has 1 saturated heterocycles. The van der Waals surface area contributed by atoms with E-state index in [0.717, 1.165) is 38.1 Å². The molecule has 4 aliphatic rings. The second-order valence-electron chi connectivity index (χ2n) is 8.17. The molecule has 0 unspecified atom stereocenters. The van der Waals surface area contributed by atoms with Gasteiger partial charge in [0, 0.05) is 12.1 Å². The van der Waals surface area contributed by atoms with E-state index in [9.17, 15) is 17.6 Å². The zero-order valence-electron chi connectivity index (χ0n) is 16.9. The Hall–Kier alpha value is -2.07. The standard InChI is InChI=1S/C20H26FN3O5S/c1-30(26,27)23-17-3-2-8-24-18(17)11-28-15-6-4-13(5-7-15)16-9-14(21)10-22-20(16)29-12-19(24)25/h9-10,13,15,18H,2-8,11-12H2,1H3/b23-17+/t13?,15?,18-/m0/s1. The van der Waals surface area contributed by atoms with Crippen molar-refractivity contribution < 1.29 is 27.1 Å². The number of pyridine rings is 1. The highest BCUT2D eigenvalue weighted by molar-refractivity contribution is 7.89. The van der Waals surface area contributed by atoms with E-state index in [1.165, 1.54) is 6.07 Å². The van der Waals surface area contributed by atoms with E-state index >= 15 is 0 Å². The van der Waals surface area contributed by atoms with Crippen LogP contribution in [0.5, 0.6) is 5.88 Å². The number of rotatable bonds is 1. The van der Waals surface area contributed by atoms with Gasteiger partial charge in [0.2, 0.25) is 15.9 Å². The summed E-state index contributed by atoms with van der Waals surface area (Å²) in [5.41, 5.74) is 1.14. The lowest BCUT2D eigenvalue weighted by Crippen LogP contribution is -2.53. The molecule has 1 atom stereocenters. The van der Waals surface area contributed by atoms with Crippen LogP contribution in [-0.4, -0.2) is 68.1 Å². The average Bonchev–Trinajstić information content (AvgIpc) is 2.71. The minimum absolute atomic E-state index is 0.00579. The number of carbonyl (C=O) groups excluding carboxylic acids is 1.